The fourth-order valence-electron chi connectivity index (χ4n) is 4.11. The molecule has 0 heterocycles. The highest BCUT2D eigenvalue weighted by Gasteiger charge is 2.37. The van der Waals surface area contributed by atoms with Gasteiger partial charge in [-0.3, -0.25) is 9.79 Å². The molecule has 0 aliphatic rings. The summed E-state index contributed by atoms with van der Waals surface area (Å²) in [7, 11) is 1.58. The van der Waals surface area contributed by atoms with E-state index >= 15 is 0 Å². The van der Waals surface area contributed by atoms with E-state index in [9.17, 15) is 36.2 Å². The van der Waals surface area contributed by atoms with Crippen molar-refractivity contribution >= 4 is 12.2 Å². The van der Waals surface area contributed by atoms with Gasteiger partial charge in [0.05, 0.1) is 17.0 Å². The van der Waals surface area contributed by atoms with E-state index in [0.717, 1.165) is 5.56 Å². The number of hydrogen-bond donors (Lipinski definition) is 1. The van der Waals surface area contributed by atoms with E-state index in [0.29, 0.717) is 23.3 Å². The number of rotatable bonds is 7. The first-order valence-electron chi connectivity index (χ1n) is 11.4. The second kappa shape index (κ2) is 10.8. The fourth-order valence-corrected chi connectivity index (χ4v) is 4.11. The van der Waals surface area contributed by atoms with Gasteiger partial charge in [-0.05, 0) is 76.1 Å². The van der Waals surface area contributed by atoms with Crippen LogP contribution in [-0.2, 0) is 17.1 Å². The number of nitrogens with zero attached hydrogens (tertiary/aromatic N) is 1. The van der Waals surface area contributed by atoms with Crippen molar-refractivity contribution in [3.63, 3.8) is 0 Å². The molecule has 0 amide bonds. The smallest absolute Gasteiger partial charge is 0.416 e. The minimum Gasteiger partial charge on any atom is -0.481 e. The van der Waals surface area contributed by atoms with E-state index in [1.165, 1.54) is 12.1 Å². The van der Waals surface area contributed by atoms with Crippen LogP contribution in [0.4, 0.5) is 26.3 Å². The zero-order chi connectivity index (χ0) is 27.5. The monoisotopic (exact) mass is 521 g/mol. The van der Waals surface area contributed by atoms with Crippen LogP contribution in [0.2, 0.25) is 0 Å². The lowest BCUT2D eigenvalue weighted by molar-refractivity contribution is -0.143. The molecule has 0 aliphatic carbocycles. The van der Waals surface area contributed by atoms with Gasteiger partial charge in [0.25, 0.3) is 0 Å². The van der Waals surface area contributed by atoms with Gasteiger partial charge in [-0.2, -0.15) is 26.3 Å². The molecule has 0 aliphatic heterocycles. The zero-order valence-electron chi connectivity index (χ0n) is 20.3. The Labute approximate surface area is 210 Å². The molecule has 0 spiro atoms. The summed E-state index contributed by atoms with van der Waals surface area (Å²) in [6.45, 7) is 3.66. The molecule has 3 aromatic carbocycles. The first kappa shape index (κ1) is 28.0. The lowest BCUT2D eigenvalue weighted by atomic mass is 9.86. The van der Waals surface area contributed by atoms with Gasteiger partial charge in [-0.15, -0.1) is 0 Å². The van der Waals surface area contributed by atoms with Gasteiger partial charge in [0, 0.05) is 13.3 Å². The Morgan fingerprint density at radius 3 is 1.86 bits per heavy atom. The molecule has 0 fully saturated rings. The third-order valence-electron chi connectivity index (χ3n) is 5.78. The molecule has 3 nitrogen and oxygen atoms in total. The average Bonchev–Trinajstić information content (AvgIpc) is 2.81. The quantitative estimate of drug-likeness (QED) is 0.251. The molecular formula is C28H25F6NO2. The molecule has 1 N–H and O–H groups in total. The van der Waals surface area contributed by atoms with E-state index in [1.54, 1.807) is 43.6 Å². The second-order valence-corrected chi connectivity index (χ2v) is 9.17. The number of carboxylic acids is 1. The Balaban J connectivity index is 2.33. The first-order chi connectivity index (χ1) is 17.2. The molecule has 3 rings (SSSR count). The predicted molar refractivity (Wildman–Crippen MR) is 131 cm³/mol. The Morgan fingerprint density at radius 1 is 0.838 bits per heavy atom. The molecule has 196 valence electrons. The minimum absolute atomic E-state index is 0.0253. The maximum atomic E-state index is 13.5. The van der Waals surface area contributed by atoms with E-state index in [4.69, 9.17) is 0 Å². The maximum absolute atomic E-state index is 13.5. The summed E-state index contributed by atoms with van der Waals surface area (Å²) in [6.07, 6.45) is -8.19. The maximum Gasteiger partial charge on any atom is 0.416 e. The van der Waals surface area contributed by atoms with Crippen LogP contribution in [0.25, 0.3) is 22.3 Å². The number of carbonyl (C=O) groups is 1. The Kier molecular flexibility index (Phi) is 8.15. The predicted octanol–water partition coefficient (Wildman–Crippen LogP) is 8.32. The van der Waals surface area contributed by atoms with Gasteiger partial charge >= 0.3 is 18.3 Å². The largest absolute Gasteiger partial charge is 0.481 e. The Hall–Kier alpha value is -3.62. The van der Waals surface area contributed by atoms with Crippen LogP contribution in [0.3, 0.4) is 0 Å². The fraction of sp³-hybridized carbons (Fsp3) is 0.286. The number of aliphatic imine (C=N–C) groups is 1. The molecule has 0 saturated heterocycles. The number of carboxylic acid groups (broad SMARTS) is 1. The highest BCUT2D eigenvalue weighted by Crippen LogP contribution is 2.40. The number of benzene rings is 3. The topological polar surface area (TPSA) is 49.7 Å². The van der Waals surface area contributed by atoms with Crippen molar-refractivity contribution < 1.29 is 36.2 Å². The normalized spacial score (nSPS) is 13.4. The van der Waals surface area contributed by atoms with Gasteiger partial charge < -0.3 is 5.11 Å². The molecule has 0 bridgehead atoms. The van der Waals surface area contributed by atoms with Crippen molar-refractivity contribution in [3.8, 4) is 22.3 Å². The third kappa shape index (κ3) is 6.99. The summed E-state index contributed by atoms with van der Waals surface area (Å²) in [6, 6.07) is 12.8. The molecule has 3 aromatic rings. The Morgan fingerprint density at radius 2 is 1.38 bits per heavy atom. The van der Waals surface area contributed by atoms with Crippen LogP contribution < -0.4 is 0 Å². The number of alkyl halides is 6. The lowest BCUT2D eigenvalue weighted by Gasteiger charge is -2.19. The van der Waals surface area contributed by atoms with Gasteiger partial charge in [0.1, 0.15) is 0 Å². The van der Waals surface area contributed by atoms with E-state index in [2.05, 4.69) is 4.99 Å². The van der Waals surface area contributed by atoms with E-state index in [-0.39, 0.29) is 35.1 Å². The third-order valence-corrected chi connectivity index (χ3v) is 5.78. The first-order valence-corrected chi connectivity index (χ1v) is 11.4. The van der Waals surface area contributed by atoms with Gasteiger partial charge in [0.2, 0.25) is 0 Å². The van der Waals surface area contributed by atoms with E-state index < -0.39 is 35.4 Å². The Bertz CT molecular complexity index is 1280. The second-order valence-electron chi connectivity index (χ2n) is 9.17. The van der Waals surface area contributed by atoms with Crippen molar-refractivity contribution in [1.29, 1.82) is 0 Å². The minimum atomic E-state index is -5.01. The molecule has 0 saturated carbocycles. The number of hydrogen-bond acceptors (Lipinski definition) is 2. The van der Waals surface area contributed by atoms with Gasteiger partial charge in [-0.1, -0.05) is 44.2 Å². The van der Waals surface area contributed by atoms with Crippen LogP contribution in [0.15, 0.2) is 65.7 Å². The van der Waals surface area contributed by atoms with E-state index in [1.807, 2.05) is 13.8 Å². The zero-order valence-corrected chi connectivity index (χ0v) is 20.3. The molecule has 1 unspecified atom stereocenters. The van der Waals surface area contributed by atoms with Gasteiger partial charge in [-0.25, -0.2) is 0 Å². The molecule has 9 heteroatoms. The highest BCUT2D eigenvalue weighted by molar-refractivity contribution is 5.84. The van der Waals surface area contributed by atoms with Crippen molar-refractivity contribution in [2.24, 2.45) is 10.9 Å². The van der Waals surface area contributed by atoms with Crippen molar-refractivity contribution in [2.45, 2.75) is 38.5 Å². The van der Waals surface area contributed by atoms with Crippen LogP contribution in [0, 0.1) is 5.92 Å². The highest BCUT2D eigenvalue weighted by atomic mass is 19.4. The molecule has 0 radical (unpaired) electrons. The summed E-state index contributed by atoms with van der Waals surface area (Å²) >= 11 is 0. The van der Waals surface area contributed by atoms with Crippen molar-refractivity contribution in [3.05, 3.63) is 82.9 Å². The lowest BCUT2D eigenvalue weighted by Crippen LogP contribution is -2.14. The SMILES string of the molecule is CN=Cc1cccc(-c2cc(-c3cc(C(F)(F)F)cc(C(F)(F)F)c3)cc(C(CC(C)C)C(=O)O)c2)c1. The summed E-state index contributed by atoms with van der Waals surface area (Å²) < 4.78 is 81.1. The van der Waals surface area contributed by atoms with Crippen molar-refractivity contribution in [2.75, 3.05) is 7.05 Å². The molecule has 0 aromatic heterocycles. The molecule has 1 atom stereocenters. The summed E-state index contributed by atoms with van der Waals surface area (Å²) in [5.41, 5.74) is -1.07. The van der Waals surface area contributed by atoms with Crippen molar-refractivity contribution in [1.82, 2.24) is 0 Å². The standard InChI is InChI=1S/C28H25F6NO2/c1-16(2)7-25(26(36)37)22-10-19(18-6-4-5-17(8-18)15-35-3)9-20(11-22)21-12-23(27(29,30)31)14-24(13-21)28(32,33)34/h4-6,8-16,25H,7H2,1-3H3,(H,36,37). The molecular weight excluding hydrogens is 496 g/mol. The van der Waals surface area contributed by atoms with Crippen LogP contribution in [0.1, 0.15) is 48.4 Å². The van der Waals surface area contributed by atoms with Crippen LogP contribution in [-0.4, -0.2) is 24.3 Å². The van der Waals surface area contributed by atoms with Crippen LogP contribution >= 0.6 is 0 Å². The van der Waals surface area contributed by atoms with Gasteiger partial charge in [0.15, 0.2) is 0 Å². The summed E-state index contributed by atoms with van der Waals surface area (Å²) in [5.74, 6) is -2.17. The average molecular weight is 522 g/mol. The molecule has 37 heavy (non-hydrogen) atoms. The number of halogens is 6. The van der Waals surface area contributed by atoms with Crippen LogP contribution in [0.5, 0.6) is 0 Å². The summed E-state index contributed by atoms with van der Waals surface area (Å²) in [4.78, 5) is 16.1. The number of aliphatic carboxylic acids is 1. The summed E-state index contributed by atoms with van der Waals surface area (Å²) in [5, 5.41) is 9.90.